The predicted molar refractivity (Wildman–Crippen MR) is 128 cm³/mol. The number of thiazole rings is 1. The molecular formula is C25H25N3O6S. The molecule has 0 aliphatic heterocycles. The van der Waals surface area contributed by atoms with E-state index in [9.17, 15) is 29.7 Å². The Bertz CT molecular complexity index is 1370. The minimum Gasteiger partial charge on any atom is -0.511 e. The Morgan fingerprint density at radius 3 is 2.51 bits per heavy atom. The summed E-state index contributed by atoms with van der Waals surface area (Å²) < 4.78 is 0. The number of fused-ring (bicyclic) bond motifs is 3. The fourth-order valence-electron chi connectivity index (χ4n) is 5.58. The molecule has 1 aromatic carbocycles. The smallest absolute Gasteiger partial charge is 0.255 e. The third-order valence-electron chi connectivity index (χ3n) is 7.33. The number of aliphatic hydroxyl groups excluding tert-OH is 2. The number of primary amides is 1. The summed E-state index contributed by atoms with van der Waals surface area (Å²) in [7, 11) is 0. The van der Waals surface area contributed by atoms with Gasteiger partial charge in [-0.2, -0.15) is 0 Å². The molecule has 0 spiro atoms. The van der Waals surface area contributed by atoms with Crippen molar-refractivity contribution < 1.29 is 29.7 Å². The maximum Gasteiger partial charge on any atom is 0.255 e. The largest absolute Gasteiger partial charge is 0.511 e. The molecule has 2 aromatic rings. The number of nitrogens with two attached hydrogens (primary N) is 2. The first-order valence-electron chi connectivity index (χ1n) is 11.3. The molecule has 1 amide bonds. The van der Waals surface area contributed by atoms with E-state index in [1.54, 1.807) is 6.07 Å². The number of allylic oxidation sites excluding steroid dienone is 2. The third-order valence-corrected chi connectivity index (χ3v) is 8.22. The van der Waals surface area contributed by atoms with E-state index in [1.165, 1.54) is 17.4 Å². The summed E-state index contributed by atoms with van der Waals surface area (Å²) in [6.45, 7) is 4.08. The van der Waals surface area contributed by atoms with Crippen molar-refractivity contribution in [3.8, 4) is 16.3 Å². The van der Waals surface area contributed by atoms with Crippen LogP contribution in [0.1, 0.15) is 43.0 Å². The van der Waals surface area contributed by atoms with Crippen LogP contribution < -0.4 is 11.5 Å². The summed E-state index contributed by atoms with van der Waals surface area (Å²) in [5.74, 6) is -6.13. The topological polar surface area (TPSA) is 177 Å². The molecule has 0 saturated heterocycles. The van der Waals surface area contributed by atoms with Crippen LogP contribution in [0.3, 0.4) is 0 Å². The molecule has 5 rings (SSSR count). The van der Waals surface area contributed by atoms with Gasteiger partial charge in [0.25, 0.3) is 5.91 Å². The van der Waals surface area contributed by atoms with Crippen molar-refractivity contribution in [3.05, 3.63) is 51.2 Å². The normalized spacial score (nSPS) is 26.1. The zero-order chi connectivity index (χ0) is 25.3. The molecule has 0 bridgehead atoms. The number of amides is 1. The van der Waals surface area contributed by atoms with Gasteiger partial charge in [0.05, 0.1) is 23.2 Å². The molecular weight excluding hydrogens is 470 g/mol. The number of ketones is 2. The quantitative estimate of drug-likeness (QED) is 0.403. The number of Topliss-reactive ketones (excluding diaryl/α,β-unsaturated/α-hetero) is 2. The van der Waals surface area contributed by atoms with Gasteiger partial charge in [0.15, 0.2) is 11.6 Å². The zero-order valence-electron chi connectivity index (χ0n) is 19.1. The first-order chi connectivity index (χ1) is 16.5. The summed E-state index contributed by atoms with van der Waals surface area (Å²) in [6, 6.07) is 2.01. The second-order valence-corrected chi connectivity index (χ2v) is 10.5. The molecule has 182 valence electrons. The van der Waals surface area contributed by atoms with Crippen molar-refractivity contribution in [2.45, 2.75) is 38.6 Å². The van der Waals surface area contributed by atoms with Crippen LogP contribution in [0.2, 0.25) is 0 Å². The van der Waals surface area contributed by atoms with Crippen LogP contribution in [0.25, 0.3) is 16.3 Å². The highest BCUT2D eigenvalue weighted by atomic mass is 32.1. The van der Waals surface area contributed by atoms with Crippen LogP contribution in [0.5, 0.6) is 5.75 Å². The molecule has 1 saturated carbocycles. The van der Waals surface area contributed by atoms with Crippen molar-refractivity contribution >= 4 is 34.6 Å². The molecule has 1 aromatic heterocycles. The number of aromatic hydroxyl groups is 1. The SMILES string of the molecule is CC(C)c1csc(-c2ccc(O)c3c2C[C@H]2C[C@@H]4C(C(=O)C2=C3O)C(O)=C(C(N)=O)C(=O)[C@@H]4N)n1. The molecule has 35 heavy (non-hydrogen) atoms. The van der Waals surface area contributed by atoms with Crippen LogP contribution in [-0.2, 0) is 20.8 Å². The summed E-state index contributed by atoms with van der Waals surface area (Å²) in [4.78, 5) is 42.7. The highest BCUT2D eigenvalue weighted by Gasteiger charge is 2.54. The Labute approximate surface area is 204 Å². The summed E-state index contributed by atoms with van der Waals surface area (Å²) in [5, 5.41) is 35.3. The van der Waals surface area contributed by atoms with Gasteiger partial charge in [-0.15, -0.1) is 11.3 Å². The Morgan fingerprint density at radius 1 is 1.17 bits per heavy atom. The van der Waals surface area contributed by atoms with E-state index in [0.717, 1.165) is 16.3 Å². The minimum atomic E-state index is -1.27. The molecule has 7 N–H and O–H groups in total. The molecule has 1 unspecified atom stereocenters. The van der Waals surface area contributed by atoms with Crippen LogP contribution in [0, 0.1) is 17.8 Å². The number of hydrogen-bond donors (Lipinski definition) is 5. The van der Waals surface area contributed by atoms with Crippen LogP contribution >= 0.6 is 11.3 Å². The lowest BCUT2D eigenvalue weighted by Crippen LogP contribution is -2.54. The van der Waals surface area contributed by atoms with Crippen molar-refractivity contribution in [2.24, 2.45) is 29.2 Å². The molecule has 4 atom stereocenters. The fourth-order valence-corrected chi connectivity index (χ4v) is 6.61. The number of hydrogen-bond acceptors (Lipinski definition) is 9. The average Bonchev–Trinajstić information content (AvgIpc) is 3.27. The first-order valence-corrected chi connectivity index (χ1v) is 12.2. The van der Waals surface area contributed by atoms with Gasteiger partial charge in [0.1, 0.15) is 27.8 Å². The summed E-state index contributed by atoms with van der Waals surface area (Å²) in [6.07, 6.45) is 0.528. The number of phenolic OH excluding ortho intramolecular Hbond substituents is 1. The lowest BCUT2D eigenvalue weighted by Gasteiger charge is -2.43. The number of carbonyl (C=O) groups excluding carboxylic acids is 3. The van der Waals surface area contributed by atoms with E-state index >= 15 is 0 Å². The van der Waals surface area contributed by atoms with E-state index < -0.39 is 52.6 Å². The lowest BCUT2D eigenvalue weighted by molar-refractivity contribution is -0.128. The van der Waals surface area contributed by atoms with Gasteiger partial charge >= 0.3 is 0 Å². The maximum absolute atomic E-state index is 13.6. The van der Waals surface area contributed by atoms with Gasteiger partial charge in [-0.25, -0.2) is 4.98 Å². The number of benzene rings is 1. The van der Waals surface area contributed by atoms with Crippen LogP contribution in [-0.4, -0.2) is 43.8 Å². The van der Waals surface area contributed by atoms with Crippen molar-refractivity contribution in [3.63, 3.8) is 0 Å². The van der Waals surface area contributed by atoms with E-state index in [1.807, 2.05) is 19.2 Å². The van der Waals surface area contributed by atoms with E-state index in [0.29, 0.717) is 12.0 Å². The summed E-state index contributed by atoms with van der Waals surface area (Å²) in [5.41, 5.74) is 13.3. The van der Waals surface area contributed by atoms with Gasteiger partial charge in [-0.05, 0) is 48.3 Å². The zero-order valence-corrected chi connectivity index (χ0v) is 19.9. The Morgan fingerprint density at radius 2 is 1.89 bits per heavy atom. The molecule has 1 heterocycles. The molecule has 0 radical (unpaired) electrons. The molecule has 1 fully saturated rings. The van der Waals surface area contributed by atoms with Gasteiger partial charge in [0, 0.05) is 16.5 Å². The third kappa shape index (κ3) is 3.31. The second kappa shape index (κ2) is 8.03. The summed E-state index contributed by atoms with van der Waals surface area (Å²) >= 11 is 1.46. The van der Waals surface area contributed by atoms with E-state index in [-0.39, 0.29) is 35.0 Å². The van der Waals surface area contributed by atoms with Crippen LogP contribution in [0.4, 0.5) is 0 Å². The number of aliphatic hydroxyl groups is 2. The second-order valence-electron chi connectivity index (χ2n) is 9.64. The number of rotatable bonds is 3. The van der Waals surface area contributed by atoms with Gasteiger partial charge in [-0.1, -0.05) is 13.8 Å². The predicted octanol–water partition coefficient (Wildman–Crippen LogP) is 2.49. The highest BCUT2D eigenvalue weighted by Crippen LogP contribution is 2.51. The fraction of sp³-hybridized carbons (Fsp3) is 0.360. The number of carbonyl (C=O) groups is 3. The number of nitrogens with zero attached hydrogens (tertiary/aromatic N) is 1. The van der Waals surface area contributed by atoms with E-state index in [2.05, 4.69) is 0 Å². The minimum absolute atomic E-state index is 0.0464. The Kier molecular flexibility index (Phi) is 5.33. The maximum atomic E-state index is 13.6. The van der Waals surface area contributed by atoms with Crippen molar-refractivity contribution in [1.82, 2.24) is 4.98 Å². The standard InChI is InChI=1S/C25H25N3O6S/c1-8(2)13-7-35-25(28-13)10-3-4-14(29)16-11(10)5-9-6-12-17(21(31)15(9)20(16)30)22(32)18(24(27)34)23(33)19(12)26/h3-4,7-9,12,17,19,29-30,32H,5-6,26H2,1-2H3,(H2,27,34)/t9-,12+,17?,19+/m0/s1. The molecule has 3 aliphatic carbocycles. The first kappa shape index (κ1) is 23.3. The van der Waals surface area contributed by atoms with Crippen molar-refractivity contribution in [2.75, 3.05) is 0 Å². The van der Waals surface area contributed by atoms with Crippen molar-refractivity contribution in [1.29, 1.82) is 0 Å². The number of phenols is 1. The van der Waals surface area contributed by atoms with Gasteiger partial charge in [0.2, 0.25) is 0 Å². The molecule has 9 nitrogen and oxygen atoms in total. The monoisotopic (exact) mass is 495 g/mol. The van der Waals surface area contributed by atoms with Gasteiger partial charge in [-0.3, -0.25) is 14.4 Å². The van der Waals surface area contributed by atoms with E-state index in [4.69, 9.17) is 16.5 Å². The number of aromatic nitrogens is 1. The average molecular weight is 496 g/mol. The highest BCUT2D eigenvalue weighted by molar-refractivity contribution is 7.13. The Hall–Kier alpha value is -3.50. The lowest BCUT2D eigenvalue weighted by atomic mass is 9.60. The van der Waals surface area contributed by atoms with Crippen LogP contribution in [0.15, 0.2) is 34.4 Å². The molecule has 3 aliphatic rings. The molecule has 10 heteroatoms. The van der Waals surface area contributed by atoms with Gasteiger partial charge < -0.3 is 26.8 Å². The Balaban J connectivity index is 1.67.